The summed E-state index contributed by atoms with van der Waals surface area (Å²) in [5.41, 5.74) is 6.10. The van der Waals surface area contributed by atoms with Gasteiger partial charge in [0.25, 0.3) is 0 Å². The Balaban J connectivity index is 2.37. The maximum absolute atomic E-state index is 10.5. The second-order valence-electron chi connectivity index (χ2n) is 4.84. The molecule has 0 atom stereocenters. The van der Waals surface area contributed by atoms with E-state index in [1.807, 2.05) is 19.1 Å². The SMILES string of the molecule is Cc1ccc(-c2ccc(/C=C/C(=O)O)c(C)n2)cc1C. The second-order valence-corrected chi connectivity index (χ2v) is 4.84. The van der Waals surface area contributed by atoms with Crippen molar-refractivity contribution in [2.45, 2.75) is 20.8 Å². The number of rotatable bonds is 3. The van der Waals surface area contributed by atoms with Crippen molar-refractivity contribution in [3.63, 3.8) is 0 Å². The number of hydrogen-bond acceptors (Lipinski definition) is 2. The molecule has 0 unspecified atom stereocenters. The lowest BCUT2D eigenvalue weighted by molar-refractivity contribution is -0.131. The number of aryl methyl sites for hydroxylation is 3. The standard InChI is InChI=1S/C17H17NO2/c1-11-4-5-15(10-12(11)2)16-8-6-14(13(3)18-16)7-9-17(19)20/h4-10H,1-3H3,(H,19,20)/b9-7+. The van der Waals surface area contributed by atoms with E-state index < -0.39 is 5.97 Å². The van der Waals surface area contributed by atoms with Crippen LogP contribution >= 0.6 is 0 Å². The fraction of sp³-hybridized carbons (Fsp3) is 0.176. The third kappa shape index (κ3) is 3.12. The van der Waals surface area contributed by atoms with Crippen molar-refractivity contribution >= 4 is 12.0 Å². The highest BCUT2D eigenvalue weighted by Gasteiger charge is 2.04. The van der Waals surface area contributed by atoms with Gasteiger partial charge in [0, 0.05) is 17.3 Å². The van der Waals surface area contributed by atoms with Crippen molar-refractivity contribution in [2.24, 2.45) is 0 Å². The molecule has 1 aromatic carbocycles. The molecule has 0 saturated heterocycles. The van der Waals surface area contributed by atoms with E-state index in [0.717, 1.165) is 28.6 Å². The molecule has 3 nitrogen and oxygen atoms in total. The van der Waals surface area contributed by atoms with E-state index in [0.29, 0.717) is 0 Å². The zero-order valence-corrected chi connectivity index (χ0v) is 11.8. The molecule has 0 fully saturated rings. The summed E-state index contributed by atoms with van der Waals surface area (Å²) < 4.78 is 0. The summed E-state index contributed by atoms with van der Waals surface area (Å²) >= 11 is 0. The van der Waals surface area contributed by atoms with Crippen molar-refractivity contribution in [3.05, 3.63) is 58.8 Å². The Kier molecular flexibility index (Phi) is 3.99. The molecule has 3 heteroatoms. The lowest BCUT2D eigenvalue weighted by atomic mass is 10.0. The molecule has 0 radical (unpaired) electrons. The number of aliphatic carboxylic acids is 1. The van der Waals surface area contributed by atoms with Crippen LogP contribution in [0.3, 0.4) is 0 Å². The first-order valence-corrected chi connectivity index (χ1v) is 6.43. The number of carboxylic acid groups (broad SMARTS) is 1. The molecule has 2 aromatic rings. The minimum Gasteiger partial charge on any atom is -0.478 e. The van der Waals surface area contributed by atoms with Crippen LogP contribution in [-0.2, 0) is 4.79 Å². The number of hydrogen-bond donors (Lipinski definition) is 1. The Morgan fingerprint density at radius 3 is 2.45 bits per heavy atom. The molecule has 0 saturated carbocycles. The van der Waals surface area contributed by atoms with E-state index in [4.69, 9.17) is 5.11 Å². The van der Waals surface area contributed by atoms with Crippen LogP contribution in [0.15, 0.2) is 36.4 Å². The van der Waals surface area contributed by atoms with Crippen LogP contribution < -0.4 is 0 Å². The van der Waals surface area contributed by atoms with E-state index in [1.165, 1.54) is 11.1 Å². The molecular weight excluding hydrogens is 250 g/mol. The summed E-state index contributed by atoms with van der Waals surface area (Å²) in [6.45, 7) is 6.04. The average Bonchev–Trinajstić information content (AvgIpc) is 2.40. The van der Waals surface area contributed by atoms with Crippen molar-refractivity contribution in [3.8, 4) is 11.3 Å². The molecule has 2 rings (SSSR count). The molecular formula is C17H17NO2. The number of pyridine rings is 1. The fourth-order valence-corrected chi connectivity index (χ4v) is 1.97. The Morgan fingerprint density at radius 1 is 1.10 bits per heavy atom. The van der Waals surface area contributed by atoms with Gasteiger partial charge in [0.2, 0.25) is 0 Å². The van der Waals surface area contributed by atoms with Gasteiger partial charge in [0.05, 0.1) is 5.69 Å². The minimum absolute atomic E-state index is 0.818. The minimum atomic E-state index is -0.956. The van der Waals surface area contributed by atoms with Crippen molar-refractivity contribution in [1.29, 1.82) is 0 Å². The smallest absolute Gasteiger partial charge is 0.328 e. The van der Waals surface area contributed by atoms with Gasteiger partial charge < -0.3 is 5.11 Å². The van der Waals surface area contributed by atoms with Crippen LogP contribution in [0.4, 0.5) is 0 Å². The van der Waals surface area contributed by atoms with Gasteiger partial charge in [-0.3, -0.25) is 4.98 Å². The molecule has 0 spiro atoms. The van der Waals surface area contributed by atoms with E-state index >= 15 is 0 Å². The molecule has 1 N–H and O–H groups in total. The van der Waals surface area contributed by atoms with Crippen LogP contribution in [0.2, 0.25) is 0 Å². The largest absolute Gasteiger partial charge is 0.478 e. The van der Waals surface area contributed by atoms with Gasteiger partial charge in [-0.1, -0.05) is 18.2 Å². The zero-order chi connectivity index (χ0) is 14.7. The highest BCUT2D eigenvalue weighted by atomic mass is 16.4. The van der Waals surface area contributed by atoms with Crippen molar-refractivity contribution in [2.75, 3.05) is 0 Å². The summed E-state index contributed by atoms with van der Waals surface area (Å²) in [6.07, 6.45) is 2.69. The van der Waals surface area contributed by atoms with Gasteiger partial charge in [-0.25, -0.2) is 4.79 Å². The van der Waals surface area contributed by atoms with Gasteiger partial charge in [-0.15, -0.1) is 0 Å². The quantitative estimate of drug-likeness (QED) is 0.861. The summed E-state index contributed by atoms with van der Waals surface area (Å²) in [7, 11) is 0. The third-order valence-electron chi connectivity index (χ3n) is 3.33. The first-order chi connectivity index (χ1) is 9.47. The van der Waals surface area contributed by atoms with Gasteiger partial charge in [-0.2, -0.15) is 0 Å². The number of aromatic nitrogens is 1. The highest BCUT2D eigenvalue weighted by Crippen LogP contribution is 2.22. The summed E-state index contributed by atoms with van der Waals surface area (Å²) in [6, 6.07) is 10.1. The lowest BCUT2D eigenvalue weighted by Crippen LogP contribution is -1.93. The molecule has 0 bridgehead atoms. The molecule has 102 valence electrons. The van der Waals surface area contributed by atoms with Crippen LogP contribution in [0.1, 0.15) is 22.4 Å². The van der Waals surface area contributed by atoms with E-state index in [2.05, 4.69) is 37.0 Å². The molecule has 1 heterocycles. The fourth-order valence-electron chi connectivity index (χ4n) is 1.97. The number of carbonyl (C=O) groups is 1. The number of nitrogens with zero attached hydrogens (tertiary/aromatic N) is 1. The summed E-state index contributed by atoms with van der Waals surface area (Å²) in [4.78, 5) is 15.1. The van der Waals surface area contributed by atoms with E-state index in [1.54, 1.807) is 6.08 Å². The Labute approximate surface area is 118 Å². The Morgan fingerprint density at radius 2 is 1.85 bits per heavy atom. The number of carboxylic acids is 1. The van der Waals surface area contributed by atoms with Crippen molar-refractivity contribution < 1.29 is 9.90 Å². The predicted molar refractivity (Wildman–Crippen MR) is 80.6 cm³/mol. The monoisotopic (exact) mass is 267 g/mol. The average molecular weight is 267 g/mol. The molecule has 1 aromatic heterocycles. The molecule has 0 aliphatic rings. The van der Waals surface area contributed by atoms with Gasteiger partial charge in [-0.05, 0) is 55.7 Å². The van der Waals surface area contributed by atoms with E-state index in [9.17, 15) is 4.79 Å². The number of benzene rings is 1. The van der Waals surface area contributed by atoms with Gasteiger partial charge in [0.1, 0.15) is 0 Å². The van der Waals surface area contributed by atoms with Crippen LogP contribution in [0.5, 0.6) is 0 Å². The zero-order valence-electron chi connectivity index (χ0n) is 11.8. The van der Waals surface area contributed by atoms with Crippen LogP contribution in [0, 0.1) is 20.8 Å². The predicted octanol–water partition coefficient (Wildman–Crippen LogP) is 3.77. The van der Waals surface area contributed by atoms with Gasteiger partial charge in [0.15, 0.2) is 0 Å². The highest BCUT2D eigenvalue weighted by molar-refractivity contribution is 5.85. The normalized spacial score (nSPS) is 10.9. The maximum Gasteiger partial charge on any atom is 0.328 e. The molecule has 0 aliphatic carbocycles. The van der Waals surface area contributed by atoms with Crippen LogP contribution in [-0.4, -0.2) is 16.1 Å². The van der Waals surface area contributed by atoms with Crippen molar-refractivity contribution in [1.82, 2.24) is 4.98 Å². The first kappa shape index (κ1) is 14.0. The first-order valence-electron chi connectivity index (χ1n) is 6.43. The molecule has 20 heavy (non-hydrogen) atoms. The molecule has 0 amide bonds. The third-order valence-corrected chi connectivity index (χ3v) is 3.33. The van der Waals surface area contributed by atoms with Crippen LogP contribution in [0.25, 0.3) is 17.3 Å². The summed E-state index contributed by atoms with van der Waals surface area (Å²) in [5, 5.41) is 8.65. The lowest BCUT2D eigenvalue weighted by Gasteiger charge is -2.07. The molecule has 0 aliphatic heterocycles. The summed E-state index contributed by atoms with van der Waals surface area (Å²) in [5.74, 6) is -0.956. The topological polar surface area (TPSA) is 50.2 Å². The maximum atomic E-state index is 10.5. The Hall–Kier alpha value is -2.42. The van der Waals surface area contributed by atoms with E-state index in [-0.39, 0.29) is 0 Å². The second kappa shape index (κ2) is 5.70. The van der Waals surface area contributed by atoms with Gasteiger partial charge >= 0.3 is 5.97 Å². The Bertz CT molecular complexity index is 687.